The van der Waals surface area contributed by atoms with Crippen LogP contribution in [0, 0.1) is 6.92 Å². The van der Waals surface area contributed by atoms with E-state index in [1.165, 1.54) is 26.2 Å². The molecular weight excluding hydrogens is 276 g/mol. The maximum Gasteiger partial charge on any atom is 0.351 e. The lowest BCUT2D eigenvalue weighted by Crippen LogP contribution is -2.22. The van der Waals surface area contributed by atoms with E-state index >= 15 is 0 Å². The highest BCUT2D eigenvalue weighted by molar-refractivity contribution is 6.50. The molecule has 0 atom stereocenters. The number of hydrogen-bond acceptors (Lipinski definition) is 6. The van der Waals surface area contributed by atoms with Gasteiger partial charge in [-0.05, 0) is 19.1 Å². The molecule has 0 spiro atoms. The summed E-state index contributed by atoms with van der Waals surface area (Å²) in [6.07, 6.45) is 0. The summed E-state index contributed by atoms with van der Waals surface area (Å²) in [5, 5.41) is 9.70. The zero-order chi connectivity index (χ0) is 15.6. The van der Waals surface area contributed by atoms with Gasteiger partial charge < -0.3 is 14.3 Å². The van der Waals surface area contributed by atoms with Crippen LogP contribution in [0.4, 0.5) is 0 Å². The standard InChI is InChI=1S/C15H12O6/c1-8-7-10(16)12(15(19)21-8)14(18)13(17)9-5-3-4-6-11(9)20-2/h3-7,16H,1-2H3. The van der Waals surface area contributed by atoms with Crippen molar-refractivity contribution in [2.45, 2.75) is 6.92 Å². The Morgan fingerprint density at radius 3 is 2.48 bits per heavy atom. The van der Waals surface area contributed by atoms with Crippen LogP contribution < -0.4 is 10.4 Å². The average Bonchev–Trinajstić information content (AvgIpc) is 2.45. The summed E-state index contributed by atoms with van der Waals surface area (Å²) in [5.74, 6) is -2.35. The third kappa shape index (κ3) is 2.69. The number of para-hydroxylation sites is 1. The van der Waals surface area contributed by atoms with E-state index in [1.54, 1.807) is 12.1 Å². The molecule has 0 bridgehead atoms. The molecular formula is C15H12O6. The predicted molar refractivity (Wildman–Crippen MR) is 73.0 cm³/mol. The first-order valence-corrected chi connectivity index (χ1v) is 6.01. The summed E-state index contributed by atoms with van der Waals surface area (Å²) in [7, 11) is 1.36. The average molecular weight is 288 g/mol. The second kappa shape index (κ2) is 5.62. The smallest absolute Gasteiger partial charge is 0.351 e. The molecule has 2 aromatic rings. The van der Waals surface area contributed by atoms with Crippen LogP contribution in [0.1, 0.15) is 26.5 Å². The van der Waals surface area contributed by atoms with Gasteiger partial charge in [-0.1, -0.05) is 12.1 Å². The lowest BCUT2D eigenvalue weighted by atomic mass is 10.0. The number of aromatic hydroxyl groups is 1. The molecule has 6 heteroatoms. The highest BCUT2D eigenvalue weighted by Crippen LogP contribution is 2.22. The van der Waals surface area contributed by atoms with Crippen LogP contribution in [0.25, 0.3) is 0 Å². The number of Topliss-reactive ketones (excluding diaryl/α,β-unsaturated/α-hetero) is 2. The van der Waals surface area contributed by atoms with Crippen LogP contribution in [-0.4, -0.2) is 23.8 Å². The van der Waals surface area contributed by atoms with E-state index in [-0.39, 0.29) is 17.1 Å². The number of rotatable bonds is 4. The normalized spacial score (nSPS) is 10.2. The second-order valence-corrected chi connectivity index (χ2v) is 4.26. The van der Waals surface area contributed by atoms with Gasteiger partial charge >= 0.3 is 5.63 Å². The zero-order valence-electron chi connectivity index (χ0n) is 11.4. The van der Waals surface area contributed by atoms with Gasteiger partial charge in [-0.25, -0.2) is 4.79 Å². The Labute approximate surface area is 119 Å². The van der Waals surface area contributed by atoms with Gasteiger partial charge in [0.25, 0.3) is 0 Å². The molecule has 0 radical (unpaired) electrons. The highest BCUT2D eigenvalue weighted by atomic mass is 16.5. The molecule has 0 unspecified atom stereocenters. The molecule has 2 rings (SSSR count). The summed E-state index contributed by atoms with van der Waals surface area (Å²) >= 11 is 0. The van der Waals surface area contributed by atoms with Gasteiger partial charge in [0.2, 0.25) is 11.6 Å². The number of carbonyl (C=O) groups is 2. The van der Waals surface area contributed by atoms with Gasteiger partial charge in [0.05, 0.1) is 12.7 Å². The first-order chi connectivity index (χ1) is 9.95. The lowest BCUT2D eigenvalue weighted by Gasteiger charge is -2.07. The zero-order valence-corrected chi connectivity index (χ0v) is 11.4. The van der Waals surface area contributed by atoms with Crippen LogP contribution in [-0.2, 0) is 0 Å². The molecule has 21 heavy (non-hydrogen) atoms. The Bertz CT molecular complexity index is 772. The van der Waals surface area contributed by atoms with E-state index in [1.807, 2.05) is 0 Å². The molecule has 0 saturated carbocycles. The Morgan fingerprint density at radius 1 is 1.19 bits per heavy atom. The van der Waals surface area contributed by atoms with Crippen molar-refractivity contribution in [3.63, 3.8) is 0 Å². The molecule has 0 aliphatic carbocycles. The van der Waals surface area contributed by atoms with E-state index in [4.69, 9.17) is 9.15 Å². The van der Waals surface area contributed by atoms with E-state index in [2.05, 4.69) is 0 Å². The summed E-state index contributed by atoms with van der Waals surface area (Å²) in [6, 6.07) is 7.20. The quantitative estimate of drug-likeness (QED) is 0.680. The Hall–Kier alpha value is -2.89. The van der Waals surface area contributed by atoms with Crippen LogP contribution in [0.5, 0.6) is 11.5 Å². The van der Waals surface area contributed by atoms with Gasteiger partial charge in [-0.2, -0.15) is 0 Å². The number of ether oxygens (including phenoxy) is 1. The molecule has 0 aliphatic heterocycles. The van der Waals surface area contributed by atoms with Crippen LogP contribution in [0.2, 0.25) is 0 Å². The molecule has 1 heterocycles. The number of carbonyl (C=O) groups excluding carboxylic acids is 2. The minimum Gasteiger partial charge on any atom is -0.507 e. The predicted octanol–water partition coefficient (Wildman–Crippen LogP) is 1.73. The second-order valence-electron chi connectivity index (χ2n) is 4.26. The van der Waals surface area contributed by atoms with Crippen molar-refractivity contribution < 1.29 is 23.8 Å². The Balaban J connectivity index is 2.50. The third-order valence-corrected chi connectivity index (χ3v) is 2.84. The molecule has 108 valence electrons. The van der Waals surface area contributed by atoms with Crippen molar-refractivity contribution in [1.29, 1.82) is 0 Å². The van der Waals surface area contributed by atoms with Crippen molar-refractivity contribution in [3.05, 3.63) is 57.6 Å². The topological polar surface area (TPSA) is 93.8 Å². The van der Waals surface area contributed by atoms with Crippen LogP contribution in [0.3, 0.4) is 0 Å². The summed E-state index contributed by atoms with van der Waals surface area (Å²) in [4.78, 5) is 36.0. The van der Waals surface area contributed by atoms with Crippen molar-refractivity contribution >= 4 is 11.6 Å². The number of aryl methyl sites for hydroxylation is 1. The Kier molecular flexibility index (Phi) is 3.89. The fourth-order valence-corrected chi connectivity index (χ4v) is 1.87. The van der Waals surface area contributed by atoms with Crippen molar-refractivity contribution in [2.24, 2.45) is 0 Å². The molecule has 0 saturated heterocycles. The maximum absolute atomic E-state index is 12.2. The van der Waals surface area contributed by atoms with Gasteiger partial charge in [0, 0.05) is 6.07 Å². The monoisotopic (exact) mass is 288 g/mol. The van der Waals surface area contributed by atoms with Crippen LogP contribution in [0.15, 0.2) is 39.5 Å². The maximum atomic E-state index is 12.2. The van der Waals surface area contributed by atoms with Crippen molar-refractivity contribution in [3.8, 4) is 11.5 Å². The van der Waals surface area contributed by atoms with E-state index in [0.29, 0.717) is 0 Å². The molecule has 1 N–H and O–H groups in total. The number of hydrogen-bond donors (Lipinski definition) is 1. The van der Waals surface area contributed by atoms with Gasteiger partial charge in [-0.15, -0.1) is 0 Å². The minimum absolute atomic E-state index is 0.00405. The third-order valence-electron chi connectivity index (χ3n) is 2.84. The van der Waals surface area contributed by atoms with E-state index < -0.39 is 28.5 Å². The molecule has 1 aromatic carbocycles. The number of methoxy groups -OCH3 is 1. The fourth-order valence-electron chi connectivity index (χ4n) is 1.87. The number of benzene rings is 1. The molecule has 0 amide bonds. The van der Waals surface area contributed by atoms with Gasteiger partial charge in [0.1, 0.15) is 17.3 Å². The molecule has 0 fully saturated rings. The minimum atomic E-state index is -1.15. The van der Waals surface area contributed by atoms with E-state index in [0.717, 1.165) is 6.07 Å². The highest BCUT2D eigenvalue weighted by Gasteiger charge is 2.27. The fraction of sp³-hybridized carbons (Fsp3) is 0.133. The van der Waals surface area contributed by atoms with Gasteiger partial charge in [-0.3, -0.25) is 9.59 Å². The largest absolute Gasteiger partial charge is 0.507 e. The van der Waals surface area contributed by atoms with Crippen LogP contribution >= 0.6 is 0 Å². The summed E-state index contributed by atoms with van der Waals surface area (Å²) in [6.45, 7) is 1.44. The Morgan fingerprint density at radius 2 is 1.86 bits per heavy atom. The van der Waals surface area contributed by atoms with Gasteiger partial charge in [0.15, 0.2) is 5.56 Å². The first kappa shape index (κ1) is 14.5. The first-order valence-electron chi connectivity index (χ1n) is 6.01. The molecule has 6 nitrogen and oxygen atoms in total. The lowest BCUT2D eigenvalue weighted by molar-refractivity contribution is 0.0810. The SMILES string of the molecule is COc1ccccc1C(=O)C(=O)c1c(O)cc(C)oc1=O. The summed E-state index contributed by atoms with van der Waals surface area (Å²) < 4.78 is 9.73. The molecule has 1 aromatic heterocycles. The van der Waals surface area contributed by atoms with Crippen molar-refractivity contribution in [2.75, 3.05) is 7.11 Å². The van der Waals surface area contributed by atoms with Crippen molar-refractivity contribution in [1.82, 2.24) is 0 Å². The van der Waals surface area contributed by atoms with E-state index in [9.17, 15) is 19.5 Å². The molecule has 0 aliphatic rings. The number of ketones is 2. The summed E-state index contributed by atoms with van der Waals surface area (Å²) in [5.41, 5.74) is -1.73.